The number of nitrogens with zero attached hydrogens (tertiary/aromatic N) is 1. The van der Waals surface area contributed by atoms with E-state index in [9.17, 15) is 0 Å². The van der Waals surface area contributed by atoms with Gasteiger partial charge in [-0.2, -0.15) is 0 Å². The number of aliphatic imine (C=N–C) groups is 1. The first-order valence-corrected chi connectivity index (χ1v) is 7.00. The number of hydrogen-bond acceptors (Lipinski definition) is 1. The molecular weight excluding hydrogens is 246 g/mol. The van der Waals surface area contributed by atoms with Crippen LogP contribution in [0, 0.1) is 0 Å². The molecule has 0 unspecified atom stereocenters. The first kappa shape index (κ1) is 14.4. The number of fused-ring (bicyclic) bond motifs is 1. The lowest BCUT2D eigenvalue weighted by Gasteiger charge is -2.21. The Morgan fingerprint density at radius 1 is 1.10 bits per heavy atom. The van der Waals surface area contributed by atoms with Crippen LogP contribution in [0.25, 0.3) is 10.8 Å². The molecular formula is C17H23N3. The van der Waals surface area contributed by atoms with Gasteiger partial charge in [0.2, 0.25) is 0 Å². The molecule has 0 saturated carbocycles. The van der Waals surface area contributed by atoms with Crippen LogP contribution in [0.2, 0.25) is 0 Å². The van der Waals surface area contributed by atoms with Crippen molar-refractivity contribution >= 4 is 16.7 Å². The molecule has 0 radical (unpaired) electrons. The Balaban J connectivity index is 2.05. The number of nitrogens with one attached hydrogen (secondary N) is 1. The molecule has 3 heteroatoms. The fraction of sp³-hybridized carbons (Fsp3) is 0.353. The summed E-state index contributed by atoms with van der Waals surface area (Å²) >= 11 is 0. The molecule has 0 heterocycles. The third-order valence-electron chi connectivity index (χ3n) is 3.05. The maximum absolute atomic E-state index is 5.88. The van der Waals surface area contributed by atoms with Crippen molar-refractivity contribution in [2.24, 2.45) is 10.7 Å². The summed E-state index contributed by atoms with van der Waals surface area (Å²) in [6.07, 6.45) is 0.897. The van der Waals surface area contributed by atoms with E-state index in [0.717, 1.165) is 6.42 Å². The number of rotatable bonds is 3. The van der Waals surface area contributed by atoms with Crippen molar-refractivity contribution in [1.29, 1.82) is 0 Å². The summed E-state index contributed by atoms with van der Waals surface area (Å²) in [5, 5.41) is 5.74. The first-order chi connectivity index (χ1) is 9.46. The van der Waals surface area contributed by atoms with E-state index in [1.165, 1.54) is 16.3 Å². The number of hydrogen-bond donors (Lipinski definition) is 2. The standard InChI is InChI=1S/C17H23N3/c1-17(2,3)20-16(18)19-12-11-14-9-6-8-13-7-4-5-10-15(13)14/h4-10H,11-12H2,1-3H3,(H3,18,19,20). The van der Waals surface area contributed by atoms with Crippen molar-refractivity contribution in [3.8, 4) is 0 Å². The zero-order valence-corrected chi connectivity index (χ0v) is 12.5. The molecule has 2 aromatic carbocycles. The molecule has 20 heavy (non-hydrogen) atoms. The molecule has 3 N–H and O–H groups in total. The van der Waals surface area contributed by atoms with Crippen molar-refractivity contribution in [2.45, 2.75) is 32.7 Å². The van der Waals surface area contributed by atoms with Gasteiger partial charge in [-0.15, -0.1) is 0 Å². The maximum atomic E-state index is 5.88. The zero-order valence-electron chi connectivity index (χ0n) is 12.5. The van der Waals surface area contributed by atoms with Gasteiger partial charge in [0, 0.05) is 12.1 Å². The Bertz CT molecular complexity index is 604. The second-order valence-corrected chi connectivity index (χ2v) is 6.03. The molecule has 0 saturated heterocycles. The van der Waals surface area contributed by atoms with Gasteiger partial charge in [-0.3, -0.25) is 4.99 Å². The lowest BCUT2D eigenvalue weighted by atomic mass is 10.0. The van der Waals surface area contributed by atoms with Crippen LogP contribution in [0.15, 0.2) is 47.5 Å². The Morgan fingerprint density at radius 3 is 2.55 bits per heavy atom. The normalized spacial score (nSPS) is 12.7. The third-order valence-corrected chi connectivity index (χ3v) is 3.05. The summed E-state index contributed by atoms with van der Waals surface area (Å²) in [5.41, 5.74) is 7.14. The van der Waals surface area contributed by atoms with Gasteiger partial charge >= 0.3 is 0 Å². The van der Waals surface area contributed by atoms with Gasteiger partial charge in [-0.05, 0) is 43.5 Å². The molecule has 2 rings (SSSR count). The molecule has 0 amide bonds. The van der Waals surface area contributed by atoms with Crippen LogP contribution in [0.4, 0.5) is 0 Å². The molecule has 0 aliphatic heterocycles. The van der Waals surface area contributed by atoms with Crippen LogP contribution in [0.3, 0.4) is 0 Å². The monoisotopic (exact) mass is 269 g/mol. The van der Waals surface area contributed by atoms with Gasteiger partial charge in [-0.25, -0.2) is 0 Å². The largest absolute Gasteiger partial charge is 0.370 e. The molecule has 0 aliphatic carbocycles. The number of nitrogens with two attached hydrogens (primary N) is 1. The first-order valence-electron chi connectivity index (χ1n) is 7.00. The minimum Gasteiger partial charge on any atom is -0.370 e. The third kappa shape index (κ3) is 3.98. The zero-order chi connectivity index (χ0) is 14.6. The Morgan fingerprint density at radius 2 is 1.80 bits per heavy atom. The summed E-state index contributed by atoms with van der Waals surface area (Å²) in [5.74, 6) is 0.512. The molecule has 0 bridgehead atoms. The lowest BCUT2D eigenvalue weighted by molar-refractivity contribution is 0.508. The Kier molecular flexibility index (Phi) is 4.28. The summed E-state index contributed by atoms with van der Waals surface area (Å²) in [4.78, 5) is 4.39. The fourth-order valence-electron chi connectivity index (χ4n) is 2.23. The lowest BCUT2D eigenvalue weighted by Crippen LogP contribution is -2.45. The average molecular weight is 269 g/mol. The van der Waals surface area contributed by atoms with E-state index >= 15 is 0 Å². The summed E-state index contributed by atoms with van der Waals surface area (Å²) in [6, 6.07) is 14.8. The highest BCUT2D eigenvalue weighted by Gasteiger charge is 2.09. The molecule has 0 spiro atoms. The van der Waals surface area contributed by atoms with E-state index in [2.05, 4.69) is 73.5 Å². The molecule has 0 atom stereocenters. The van der Waals surface area contributed by atoms with Crippen LogP contribution in [-0.2, 0) is 6.42 Å². The van der Waals surface area contributed by atoms with Crippen LogP contribution < -0.4 is 11.1 Å². The van der Waals surface area contributed by atoms with Gasteiger partial charge < -0.3 is 11.1 Å². The van der Waals surface area contributed by atoms with Gasteiger partial charge in [0.15, 0.2) is 5.96 Å². The number of guanidine groups is 1. The maximum Gasteiger partial charge on any atom is 0.188 e. The van der Waals surface area contributed by atoms with Gasteiger partial charge in [0.1, 0.15) is 0 Å². The Labute approximate surface area is 120 Å². The topological polar surface area (TPSA) is 50.4 Å². The minimum atomic E-state index is -0.0486. The van der Waals surface area contributed by atoms with Crippen molar-refractivity contribution < 1.29 is 0 Å². The van der Waals surface area contributed by atoms with Crippen LogP contribution in [-0.4, -0.2) is 18.0 Å². The minimum absolute atomic E-state index is 0.0486. The van der Waals surface area contributed by atoms with Crippen LogP contribution in [0.1, 0.15) is 26.3 Å². The van der Waals surface area contributed by atoms with E-state index in [4.69, 9.17) is 5.73 Å². The molecule has 3 nitrogen and oxygen atoms in total. The van der Waals surface area contributed by atoms with Crippen molar-refractivity contribution in [3.63, 3.8) is 0 Å². The van der Waals surface area contributed by atoms with Crippen molar-refractivity contribution in [2.75, 3.05) is 6.54 Å². The van der Waals surface area contributed by atoms with Crippen molar-refractivity contribution in [1.82, 2.24) is 5.32 Å². The van der Waals surface area contributed by atoms with Gasteiger partial charge in [0.05, 0.1) is 0 Å². The van der Waals surface area contributed by atoms with Crippen molar-refractivity contribution in [3.05, 3.63) is 48.0 Å². The van der Waals surface area contributed by atoms with E-state index < -0.39 is 0 Å². The quantitative estimate of drug-likeness (QED) is 0.664. The predicted molar refractivity (Wildman–Crippen MR) is 87.0 cm³/mol. The number of benzene rings is 2. The summed E-state index contributed by atoms with van der Waals surface area (Å²) in [7, 11) is 0. The second-order valence-electron chi connectivity index (χ2n) is 6.03. The summed E-state index contributed by atoms with van der Waals surface area (Å²) in [6.45, 7) is 6.91. The molecule has 0 fully saturated rings. The van der Waals surface area contributed by atoms with E-state index in [-0.39, 0.29) is 5.54 Å². The van der Waals surface area contributed by atoms with Gasteiger partial charge in [-0.1, -0.05) is 42.5 Å². The van der Waals surface area contributed by atoms with E-state index in [0.29, 0.717) is 12.5 Å². The van der Waals surface area contributed by atoms with E-state index in [1.807, 2.05) is 0 Å². The predicted octanol–water partition coefficient (Wildman–Crippen LogP) is 3.09. The SMILES string of the molecule is CC(C)(C)NC(N)=NCCc1cccc2ccccc12. The Hall–Kier alpha value is -2.03. The highest BCUT2D eigenvalue weighted by atomic mass is 15.1. The fourth-order valence-corrected chi connectivity index (χ4v) is 2.23. The molecule has 106 valence electrons. The van der Waals surface area contributed by atoms with Crippen LogP contribution in [0.5, 0.6) is 0 Å². The summed E-state index contributed by atoms with van der Waals surface area (Å²) < 4.78 is 0. The smallest absolute Gasteiger partial charge is 0.188 e. The van der Waals surface area contributed by atoms with Gasteiger partial charge in [0.25, 0.3) is 0 Å². The highest BCUT2D eigenvalue weighted by molar-refractivity contribution is 5.85. The highest BCUT2D eigenvalue weighted by Crippen LogP contribution is 2.18. The molecule has 0 aliphatic rings. The molecule has 0 aromatic heterocycles. The second kappa shape index (κ2) is 5.95. The van der Waals surface area contributed by atoms with Crippen LogP contribution >= 0.6 is 0 Å². The van der Waals surface area contributed by atoms with E-state index in [1.54, 1.807) is 0 Å². The average Bonchev–Trinajstić information content (AvgIpc) is 2.37. The molecule has 2 aromatic rings.